The number of rotatable bonds is 6. The molecule has 0 unspecified atom stereocenters. The van der Waals surface area contributed by atoms with Crippen molar-refractivity contribution < 1.29 is 36.3 Å². The van der Waals surface area contributed by atoms with Gasteiger partial charge in [-0.1, -0.05) is 6.07 Å². The van der Waals surface area contributed by atoms with Crippen molar-refractivity contribution in [3.05, 3.63) is 81.8 Å². The molecule has 0 radical (unpaired) electrons. The maximum absolute atomic E-state index is 13.6. The first kappa shape index (κ1) is 26.7. The molecule has 0 spiro atoms. The molecule has 2 aromatic heterocycles. The van der Waals surface area contributed by atoms with Gasteiger partial charge in [-0.25, -0.2) is 0 Å². The van der Waals surface area contributed by atoms with Crippen LogP contribution >= 0.6 is 0 Å². The van der Waals surface area contributed by atoms with E-state index in [0.29, 0.717) is 0 Å². The summed E-state index contributed by atoms with van der Waals surface area (Å²) >= 11 is 2.57. The predicted molar refractivity (Wildman–Crippen MR) is 137 cm³/mol. The van der Waals surface area contributed by atoms with Crippen molar-refractivity contribution >= 4 is 36.7 Å². The molecule has 0 bridgehead atoms. The van der Waals surface area contributed by atoms with Gasteiger partial charge >= 0.3 is 207 Å². The summed E-state index contributed by atoms with van der Waals surface area (Å²) in [5.41, 5.74) is 9.72. The number of nitrogens with two attached hydrogens (primary N) is 1. The van der Waals surface area contributed by atoms with Gasteiger partial charge in [0.2, 0.25) is 0 Å². The number of primary amides is 1. The third-order valence-electron chi connectivity index (χ3n) is 6.41. The number of aromatic amines is 1. The average molecular weight is 605 g/mol. The summed E-state index contributed by atoms with van der Waals surface area (Å²) in [5.74, 6) is -1.42. The zero-order chi connectivity index (χ0) is 27.2. The van der Waals surface area contributed by atoms with Crippen LogP contribution < -0.4 is 9.89 Å². The van der Waals surface area contributed by atoms with E-state index in [1.807, 2.05) is 31.2 Å². The van der Waals surface area contributed by atoms with Crippen LogP contribution in [0.2, 0.25) is 0 Å². The third-order valence-corrected chi connectivity index (χ3v) is 9.08. The van der Waals surface area contributed by atoms with Crippen molar-refractivity contribution in [3.8, 4) is 0 Å². The zero-order valence-corrected chi connectivity index (χ0v) is 23.7. The molecule has 0 atom stereocenters. The number of H-pyrrole nitrogens is 1. The van der Waals surface area contributed by atoms with Crippen LogP contribution in [0.25, 0.3) is 10.9 Å². The van der Waals surface area contributed by atoms with Gasteiger partial charge in [-0.2, -0.15) is 0 Å². The van der Waals surface area contributed by atoms with Gasteiger partial charge in [0, 0.05) is 0 Å². The van der Waals surface area contributed by atoms with Crippen molar-refractivity contribution in [2.75, 3.05) is 7.05 Å². The number of amides is 2. The molecule has 0 fully saturated rings. The van der Waals surface area contributed by atoms with E-state index < -0.39 is 21.7 Å². The van der Waals surface area contributed by atoms with Crippen LogP contribution in [0.1, 0.15) is 48.8 Å². The van der Waals surface area contributed by atoms with Crippen LogP contribution in [-0.4, -0.2) is 42.1 Å². The Balaban J connectivity index is 1.77. The molecule has 8 nitrogen and oxygen atoms in total. The number of aromatic nitrogens is 2. The van der Waals surface area contributed by atoms with Crippen LogP contribution in [-0.2, 0) is 34.7 Å². The fourth-order valence-electron chi connectivity index (χ4n) is 4.59. The molecule has 3 N–H and O–H groups in total. The van der Waals surface area contributed by atoms with E-state index in [2.05, 4.69) is 28.3 Å². The maximum atomic E-state index is 13.6. The van der Waals surface area contributed by atoms with Gasteiger partial charge in [-0.05, 0) is 13.8 Å². The Bertz CT molecular complexity index is 1670. The van der Waals surface area contributed by atoms with Gasteiger partial charge in [0.25, 0.3) is 0 Å². The standard InChI is InChI=1S/C27H27N4O4S.Ru/c1-15-11-16(2)13-20(12-15)36(34,35)25-18(4)23(30-24(25)26(28)32)27(33)31(5)14-19-8-9-22-21(17(19)3)7-6-10-29-22;/h6-7,9-13,30H,14H2,1-5H3,(H2,28,32);. The molecule has 2 amide bonds. The van der Waals surface area contributed by atoms with Crippen molar-refractivity contribution in [1.29, 1.82) is 0 Å². The first-order valence-corrected chi connectivity index (χ1v) is 13.8. The van der Waals surface area contributed by atoms with Gasteiger partial charge in [0.05, 0.1) is 0 Å². The van der Waals surface area contributed by atoms with E-state index in [1.165, 1.54) is 24.0 Å². The van der Waals surface area contributed by atoms with Gasteiger partial charge in [-0.3, -0.25) is 0 Å². The molecule has 4 aromatic rings. The van der Waals surface area contributed by atoms with Crippen LogP contribution in [0.4, 0.5) is 0 Å². The van der Waals surface area contributed by atoms with Crippen molar-refractivity contribution in [2.24, 2.45) is 5.73 Å². The summed E-state index contributed by atoms with van der Waals surface area (Å²) in [4.78, 5) is 34.2. The van der Waals surface area contributed by atoms with E-state index in [1.54, 1.807) is 27.1 Å². The Hall–Kier alpha value is -3.36. The van der Waals surface area contributed by atoms with E-state index in [9.17, 15) is 18.0 Å². The van der Waals surface area contributed by atoms with Gasteiger partial charge in [-0.15, -0.1) is 0 Å². The summed E-state index contributed by atoms with van der Waals surface area (Å²) in [7, 11) is -2.51. The Labute approximate surface area is 225 Å². The molecule has 0 saturated heterocycles. The molecule has 2 aromatic carbocycles. The Morgan fingerprint density at radius 2 is 1.68 bits per heavy atom. The topological polar surface area (TPSA) is 126 Å². The summed E-state index contributed by atoms with van der Waals surface area (Å²) in [5, 5.41) is 0.987. The molecular formula is C27H27N4O4RuS. The Morgan fingerprint density at radius 3 is 2.30 bits per heavy atom. The number of aryl methyl sites for hydroxylation is 3. The van der Waals surface area contributed by atoms with Crippen LogP contribution in [0, 0.1) is 27.7 Å². The quantitative estimate of drug-likeness (QED) is 0.327. The molecule has 10 heteroatoms. The summed E-state index contributed by atoms with van der Waals surface area (Å²) in [6.07, 6.45) is 1.73. The molecule has 0 aliphatic heterocycles. The number of pyridine rings is 1. The average Bonchev–Trinajstić information content (AvgIpc) is 3.18. The molecule has 4 rings (SSSR count). The summed E-state index contributed by atoms with van der Waals surface area (Å²) in [6.45, 7) is 7.34. The minimum atomic E-state index is -4.14. The van der Waals surface area contributed by atoms with E-state index in [0.717, 1.165) is 37.3 Å². The SMILES string of the molecule is Cc1cc(C)cc(S(=O)(=O)c2c(C(N)=O)[nH]c(C(=O)N(C)Cc3[c]([Ru])cc4ncccc4c3C)c2C)c1. The predicted octanol–water partition coefficient (Wildman–Crippen LogP) is 3.17. The summed E-state index contributed by atoms with van der Waals surface area (Å²) < 4.78 is 28.2. The van der Waals surface area contributed by atoms with Gasteiger partial charge in [0.1, 0.15) is 0 Å². The number of nitrogens with one attached hydrogen (secondary N) is 1. The monoisotopic (exact) mass is 605 g/mol. The molecule has 193 valence electrons. The van der Waals surface area contributed by atoms with Crippen LogP contribution in [0.15, 0.2) is 52.4 Å². The van der Waals surface area contributed by atoms with Crippen LogP contribution in [0.3, 0.4) is 0 Å². The van der Waals surface area contributed by atoms with Crippen molar-refractivity contribution in [3.63, 3.8) is 0 Å². The Kier molecular flexibility index (Phi) is 7.10. The Morgan fingerprint density at radius 1 is 1.03 bits per heavy atom. The molecule has 37 heavy (non-hydrogen) atoms. The molecule has 0 saturated carbocycles. The second-order valence-electron chi connectivity index (χ2n) is 9.20. The number of hydrogen-bond acceptors (Lipinski definition) is 5. The number of carbonyl (C=O) groups excluding carboxylic acids is 2. The number of sulfone groups is 1. The molecule has 0 aliphatic carbocycles. The van der Waals surface area contributed by atoms with Gasteiger partial charge in [0.15, 0.2) is 0 Å². The number of fused-ring (bicyclic) bond motifs is 1. The van der Waals surface area contributed by atoms with Gasteiger partial charge < -0.3 is 0 Å². The normalized spacial score (nSPS) is 11.6. The summed E-state index contributed by atoms with van der Waals surface area (Å²) in [6, 6.07) is 10.7. The van der Waals surface area contributed by atoms with E-state index in [4.69, 9.17) is 5.73 Å². The first-order chi connectivity index (χ1) is 17.3. The number of carbonyl (C=O) groups is 2. The van der Waals surface area contributed by atoms with E-state index >= 15 is 0 Å². The molecule has 2 heterocycles. The molecular weight excluding hydrogens is 577 g/mol. The fraction of sp³-hybridized carbons (Fsp3) is 0.222. The van der Waals surface area contributed by atoms with Crippen molar-refractivity contribution in [1.82, 2.24) is 14.9 Å². The van der Waals surface area contributed by atoms with Crippen molar-refractivity contribution in [2.45, 2.75) is 44.0 Å². The van der Waals surface area contributed by atoms with Crippen LogP contribution in [0.5, 0.6) is 0 Å². The third kappa shape index (κ3) is 4.83. The molecule has 0 aliphatic rings. The first-order valence-electron chi connectivity index (χ1n) is 11.5. The van der Waals surface area contributed by atoms with E-state index in [-0.39, 0.29) is 33.3 Å². The zero-order valence-electron chi connectivity index (χ0n) is 21.1. The number of benzene rings is 2. The minimum absolute atomic E-state index is 0.00541. The number of nitrogens with zero attached hydrogens (tertiary/aromatic N) is 2. The number of hydrogen-bond donors (Lipinski definition) is 2. The second kappa shape index (κ2) is 9.84. The second-order valence-corrected chi connectivity index (χ2v) is 12.0. The fourth-order valence-corrected chi connectivity index (χ4v) is 7.13.